The van der Waals surface area contributed by atoms with Crippen molar-refractivity contribution in [3.8, 4) is 0 Å². The van der Waals surface area contributed by atoms with Crippen molar-refractivity contribution < 1.29 is 9.47 Å². The van der Waals surface area contributed by atoms with E-state index >= 15 is 0 Å². The Hall–Kier alpha value is -1.63. The van der Waals surface area contributed by atoms with Gasteiger partial charge < -0.3 is 14.8 Å². The number of hydrogen-bond donors (Lipinski definition) is 1. The molecule has 0 aliphatic heterocycles. The van der Waals surface area contributed by atoms with E-state index in [1.165, 1.54) is 0 Å². The number of hydrogen-bond acceptors (Lipinski definition) is 5. The summed E-state index contributed by atoms with van der Waals surface area (Å²) in [6.45, 7) is 2.22. The van der Waals surface area contributed by atoms with Crippen LogP contribution >= 0.6 is 11.6 Å². The van der Waals surface area contributed by atoms with Gasteiger partial charge in [-0.2, -0.15) is 0 Å². The number of nitrogens with zero attached hydrogens (tertiary/aromatic N) is 2. The predicted molar refractivity (Wildman–Crippen MR) is 87.9 cm³/mol. The molecular weight excluding hydrogens is 306 g/mol. The van der Waals surface area contributed by atoms with E-state index in [4.69, 9.17) is 21.1 Å². The zero-order chi connectivity index (χ0) is 15.9. The standard InChI is InChI=1S/C15H20ClN3O3/c1-21-8-3-7-19-14(20)12-5-4-11(16)10-13(12)18-15(19)17-6-9-22-2/h4-5,10H,3,6-9H2,1-2H3,(H,17,18). The summed E-state index contributed by atoms with van der Waals surface area (Å²) >= 11 is 5.99. The van der Waals surface area contributed by atoms with Crippen LogP contribution in [0.5, 0.6) is 0 Å². The smallest absolute Gasteiger partial charge is 0.262 e. The largest absolute Gasteiger partial charge is 0.385 e. The summed E-state index contributed by atoms with van der Waals surface area (Å²) < 4.78 is 11.7. The Kier molecular flexibility index (Phi) is 6.18. The number of halogens is 1. The van der Waals surface area contributed by atoms with Crippen molar-refractivity contribution in [3.63, 3.8) is 0 Å². The first-order valence-corrected chi connectivity index (χ1v) is 7.47. The second-order valence-corrected chi connectivity index (χ2v) is 5.26. The third-order valence-electron chi connectivity index (χ3n) is 3.24. The molecule has 0 saturated carbocycles. The molecule has 0 bridgehead atoms. The fraction of sp³-hybridized carbons (Fsp3) is 0.467. The van der Waals surface area contributed by atoms with Gasteiger partial charge in [0.05, 0.1) is 17.5 Å². The molecule has 6 nitrogen and oxygen atoms in total. The van der Waals surface area contributed by atoms with Crippen molar-refractivity contribution in [3.05, 3.63) is 33.6 Å². The van der Waals surface area contributed by atoms with E-state index in [1.54, 1.807) is 37.0 Å². The minimum atomic E-state index is -0.0855. The minimum Gasteiger partial charge on any atom is -0.385 e. The molecule has 120 valence electrons. The molecule has 2 aromatic rings. The van der Waals surface area contributed by atoms with Gasteiger partial charge in [-0.1, -0.05) is 11.6 Å². The van der Waals surface area contributed by atoms with E-state index < -0.39 is 0 Å². The van der Waals surface area contributed by atoms with E-state index in [2.05, 4.69) is 10.3 Å². The Balaban J connectivity index is 2.41. The molecule has 0 aliphatic carbocycles. The third kappa shape index (κ3) is 3.97. The van der Waals surface area contributed by atoms with Gasteiger partial charge in [-0.25, -0.2) is 4.98 Å². The molecule has 2 rings (SSSR count). The van der Waals surface area contributed by atoms with E-state index in [9.17, 15) is 4.79 Å². The van der Waals surface area contributed by atoms with Crippen LogP contribution in [0, 0.1) is 0 Å². The molecule has 0 spiro atoms. The van der Waals surface area contributed by atoms with Crippen LogP contribution in [0.15, 0.2) is 23.0 Å². The molecule has 1 aromatic heterocycles. The van der Waals surface area contributed by atoms with Crippen molar-refractivity contribution in [2.24, 2.45) is 0 Å². The zero-order valence-corrected chi connectivity index (χ0v) is 13.5. The van der Waals surface area contributed by atoms with Gasteiger partial charge in [0.25, 0.3) is 5.56 Å². The molecular formula is C15H20ClN3O3. The van der Waals surface area contributed by atoms with Crippen LogP contribution in [0.4, 0.5) is 5.95 Å². The Labute approximate surface area is 134 Å². The summed E-state index contributed by atoms with van der Waals surface area (Å²) in [5.41, 5.74) is 0.498. The van der Waals surface area contributed by atoms with Crippen molar-refractivity contribution in [1.82, 2.24) is 9.55 Å². The van der Waals surface area contributed by atoms with Crippen molar-refractivity contribution in [1.29, 1.82) is 0 Å². The van der Waals surface area contributed by atoms with Crippen LogP contribution in [0.25, 0.3) is 10.9 Å². The van der Waals surface area contributed by atoms with Gasteiger partial charge in [0.2, 0.25) is 5.95 Å². The number of benzene rings is 1. The molecule has 1 aromatic carbocycles. The maximum absolute atomic E-state index is 12.7. The van der Waals surface area contributed by atoms with Crippen LogP contribution in [-0.2, 0) is 16.0 Å². The maximum atomic E-state index is 12.7. The van der Waals surface area contributed by atoms with Gasteiger partial charge in [-0.15, -0.1) is 0 Å². The summed E-state index contributed by atoms with van der Waals surface area (Å²) in [5, 5.41) is 4.25. The first kappa shape index (κ1) is 16.7. The lowest BCUT2D eigenvalue weighted by Crippen LogP contribution is -2.26. The lowest BCUT2D eigenvalue weighted by atomic mass is 10.2. The molecule has 22 heavy (non-hydrogen) atoms. The minimum absolute atomic E-state index is 0.0855. The summed E-state index contributed by atoms with van der Waals surface area (Å²) in [6, 6.07) is 5.10. The van der Waals surface area contributed by atoms with Crippen LogP contribution in [-0.4, -0.2) is 43.5 Å². The van der Waals surface area contributed by atoms with E-state index in [1.807, 2.05) is 0 Å². The van der Waals surface area contributed by atoms with E-state index in [-0.39, 0.29) is 5.56 Å². The zero-order valence-electron chi connectivity index (χ0n) is 12.8. The summed E-state index contributed by atoms with van der Waals surface area (Å²) in [6.07, 6.45) is 0.732. The Morgan fingerprint density at radius 2 is 2.05 bits per heavy atom. The Morgan fingerprint density at radius 1 is 1.27 bits per heavy atom. The summed E-state index contributed by atoms with van der Waals surface area (Å²) in [4.78, 5) is 17.2. The number of rotatable bonds is 8. The molecule has 0 atom stereocenters. The SMILES string of the molecule is COCCCn1c(NCCOC)nc2cc(Cl)ccc2c1=O. The second-order valence-electron chi connectivity index (χ2n) is 4.82. The quantitative estimate of drug-likeness (QED) is 0.753. The molecule has 0 aliphatic rings. The monoisotopic (exact) mass is 325 g/mol. The van der Waals surface area contributed by atoms with E-state index in [0.29, 0.717) is 48.2 Å². The Morgan fingerprint density at radius 3 is 2.77 bits per heavy atom. The number of aromatic nitrogens is 2. The molecule has 1 N–H and O–H groups in total. The van der Waals surface area contributed by atoms with Gasteiger partial charge in [0.15, 0.2) is 0 Å². The van der Waals surface area contributed by atoms with Gasteiger partial charge >= 0.3 is 0 Å². The maximum Gasteiger partial charge on any atom is 0.262 e. The Bertz CT molecular complexity index is 688. The van der Waals surface area contributed by atoms with Gasteiger partial charge in [0.1, 0.15) is 0 Å². The van der Waals surface area contributed by atoms with Crippen LogP contribution in [0.2, 0.25) is 5.02 Å². The number of ether oxygens (including phenoxy) is 2. The molecule has 0 fully saturated rings. The molecule has 0 saturated heterocycles. The first-order valence-electron chi connectivity index (χ1n) is 7.09. The predicted octanol–water partition coefficient (Wildman–Crippen LogP) is 2.14. The van der Waals surface area contributed by atoms with Gasteiger partial charge in [0, 0.05) is 38.9 Å². The highest BCUT2D eigenvalue weighted by molar-refractivity contribution is 6.31. The summed E-state index contributed by atoms with van der Waals surface area (Å²) in [7, 11) is 3.27. The number of nitrogens with one attached hydrogen (secondary N) is 1. The number of anilines is 1. The lowest BCUT2D eigenvalue weighted by molar-refractivity contribution is 0.190. The normalized spacial score (nSPS) is 11.0. The highest BCUT2D eigenvalue weighted by Crippen LogP contribution is 2.17. The van der Waals surface area contributed by atoms with Crippen LogP contribution in [0.3, 0.4) is 0 Å². The van der Waals surface area contributed by atoms with Gasteiger partial charge in [-0.05, 0) is 24.6 Å². The van der Waals surface area contributed by atoms with Crippen LogP contribution < -0.4 is 10.9 Å². The van der Waals surface area contributed by atoms with E-state index in [0.717, 1.165) is 6.42 Å². The molecule has 1 heterocycles. The highest BCUT2D eigenvalue weighted by Gasteiger charge is 2.11. The second kappa shape index (κ2) is 8.12. The van der Waals surface area contributed by atoms with Crippen molar-refractivity contribution in [2.45, 2.75) is 13.0 Å². The highest BCUT2D eigenvalue weighted by atomic mass is 35.5. The topological polar surface area (TPSA) is 65.4 Å². The summed E-state index contributed by atoms with van der Waals surface area (Å²) in [5.74, 6) is 0.521. The molecule has 0 unspecified atom stereocenters. The fourth-order valence-corrected chi connectivity index (χ4v) is 2.33. The molecule has 0 amide bonds. The average molecular weight is 326 g/mol. The van der Waals surface area contributed by atoms with Crippen LogP contribution in [0.1, 0.15) is 6.42 Å². The van der Waals surface area contributed by atoms with Crippen molar-refractivity contribution >= 4 is 28.5 Å². The third-order valence-corrected chi connectivity index (χ3v) is 3.47. The number of fused-ring (bicyclic) bond motifs is 1. The van der Waals surface area contributed by atoms with Gasteiger partial charge in [-0.3, -0.25) is 9.36 Å². The fourth-order valence-electron chi connectivity index (χ4n) is 2.17. The molecule has 7 heteroatoms. The molecule has 0 radical (unpaired) electrons. The van der Waals surface area contributed by atoms with Crippen molar-refractivity contribution in [2.75, 3.05) is 39.3 Å². The first-order chi connectivity index (χ1) is 10.7. The lowest BCUT2D eigenvalue weighted by Gasteiger charge is -2.14. The average Bonchev–Trinajstić information content (AvgIpc) is 2.50. The number of methoxy groups -OCH3 is 2.